The molecule has 0 saturated heterocycles. The maximum Gasteiger partial charge on any atom is 0.306 e. The van der Waals surface area contributed by atoms with Gasteiger partial charge in [0.25, 0.3) is 0 Å². The summed E-state index contributed by atoms with van der Waals surface area (Å²) in [6.07, 6.45) is 6.02. The number of hydrogen-bond donors (Lipinski definition) is 1. The van der Waals surface area contributed by atoms with E-state index in [2.05, 4.69) is 19.1 Å². The van der Waals surface area contributed by atoms with Gasteiger partial charge >= 0.3 is 5.97 Å². The van der Waals surface area contributed by atoms with Crippen LogP contribution in [0.2, 0.25) is 0 Å². The molecule has 0 aliphatic carbocycles. The van der Waals surface area contributed by atoms with Crippen LogP contribution in [0.5, 0.6) is 0 Å². The number of rotatable bonds is 5. The second kappa shape index (κ2) is 5.81. The second-order valence-electron chi connectivity index (χ2n) is 3.22. The van der Waals surface area contributed by atoms with Crippen molar-refractivity contribution in [1.82, 2.24) is 0 Å². The summed E-state index contributed by atoms with van der Waals surface area (Å²) in [5.74, 6) is -0.718. The highest BCUT2D eigenvalue weighted by Crippen LogP contribution is 2.15. The first kappa shape index (κ1) is 11.2. The minimum Gasteiger partial charge on any atom is -0.481 e. The SMILES string of the molecule is CC/C=C/CC(C)C(C)C(=O)O. The molecule has 0 spiro atoms. The molecule has 2 nitrogen and oxygen atoms in total. The summed E-state index contributed by atoms with van der Waals surface area (Å²) >= 11 is 0. The van der Waals surface area contributed by atoms with E-state index in [-0.39, 0.29) is 11.8 Å². The number of carbonyl (C=O) groups is 1. The van der Waals surface area contributed by atoms with Crippen molar-refractivity contribution >= 4 is 5.97 Å². The summed E-state index contributed by atoms with van der Waals surface area (Å²) in [6.45, 7) is 5.80. The van der Waals surface area contributed by atoms with Crippen LogP contribution >= 0.6 is 0 Å². The monoisotopic (exact) mass is 170 g/mol. The van der Waals surface area contributed by atoms with Gasteiger partial charge in [0.15, 0.2) is 0 Å². The Morgan fingerprint density at radius 1 is 1.42 bits per heavy atom. The standard InChI is InChI=1S/C10H18O2/c1-4-5-6-7-8(2)9(3)10(11)12/h5-6,8-9H,4,7H2,1-3H3,(H,11,12)/b6-5+. The molecule has 0 fully saturated rings. The first-order valence-corrected chi connectivity index (χ1v) is 4.47. The van der Waals surface area contributed by atoms with E-state index in [0.717, 1.165) is 12.8 Å². The number of aliphatic carboxylic acids is 1. The third-order valence-corrected chi connectivity index (χ3v) is 2.15. The molecule has 0 aliphatic rings. The Balaban J connectivity index is 3.78. The summed E-state index contributed by atoms with van der Waals surface area (Å²) in [7, 11) is 0. The number of carboxylic acid groups (broad SMARTS) is 1. The topological polar surface area (TPSA) is 37.3 Å². The average Bonchev–Trinajstić information content (AvgIpc) is 2.03. The first-order chi connectivity index (χ1) is 5.59. The molecule has 2 atom stereocenters. The Morgan fingerprint density at radius 2 is 2.00 bits per heavy atom. The molecule has 0 aromatic heterocycles. The molecule has 2 heteroatoms. The Hall–Kier alpha value is -0.790. The van der Waals surface area contributed by atoms with Crippen LogP contribution in [0, 0.1) is 11.8 Å². The second-order valence-corrected chi connectivity index (χ2v) is 3.22. The van der Waals surface area contributed by atoms with Crippen LogP contribution in [0.3, 0.4) is 0 Å². The van der Waals surface area contributed by atoms with Crippen molar-refractivity contribution < 1.29 is 9.90 Å². The zero-order valence-electron chi connectivity index (χ0n) is 8.08. The maximum absolute atomic E-state index is 10.5. The van der Waals surface area contributed by atoms with Crippen molar-refractivity contribution in [2.45, 2.75) is 33.6 Å². The van der Waals surface area contributed by atoms with Crippen molar-refractivity contribution in [3.8, 4) is 0 Å². The van der Waals surface area contributed by atoms with Crippen molar-refractivity contribution in [3.05, 3.63) is 12.2 Å². The molecule has 70 valence electrons. The quantitative estimate of drug-likeness (QED) is 0.644. The molecule has 0 bridgehead atoms. The molecule has 0 aromatic carbocycles. The molecule has 0 aromatic rings. The van der Waals surface area contributed by atoms with E-state index < -0.39 is 5.97 Å². The smallest absolute Gasteiger partial charge is 0.306 e. The third kappa shape index (κ3) is 4.16. The van der Waals surface area contributed by atoms with Crippen LogP contribution in [0.4, 0.5) is 0 Å². The summed E-state index contributed by atoms with van der Waals surface area (Å²) < 4.78 is 0. The lowest BCUT2D eigenvalue weighted by molar-refractivity contribution is -0.142. The summed E-state index contributed by atoms with van der Waals surface area (Å²) in [6, 6.07) is 0. The van der Waals surface area contributed by atoms with Gasteiger partial charge in [-0.15, -0.1) is 0 Å². The van der Waals surface area contributed by atoms with Crippen molar-refractivity contribution in [1.29, 1.82) is 0 Å². The van der Waals surface area contributed by atoms with E-state index in [4.69, 9.17) is 5.11 Å². The molecule has 0 heterocycles. The van der Waals surface area contributed by atoms with Crippen molar-refractivity contribution in [2.24, 2.45) is 11.8 Å². The van der Waals surface area contributed by atoms with E-state index in [1.54, 1.807) is 6.92 Å². The van der Waals surface area contributed by atoms with E-state index >= 15 is 0 Å². The third-order valence-electron chi connectivity index (χ3n) is 2.15. The zero-order valence-corrected chi connectivity index (χ0v) is 8.08. The van der Waals surface area contributed by atoms with Crippen LogP contribution in [-0.2, 0) is 4.79 Å². The largest absolute Gasteiger partial charge is 0.481 e. The Morgan fingerprint density at radius 3 is 2.42 bits per heavy atom. The van der Waals surface area contributed by atoms with Crippen molar-refractivity contribution in [3.63, 3.8) is 0 Å². The molecule has 2 unspecified atom stereocenters. The summed E-state index contributed by atoms with van der Waals surface area (Å²) in [5.41, 5.74) is 0. The summed E-state index contributed by atoms with van der Waals surface area (Å²) in [4.78, 5) is 10.5. The van der Waals surface area contributed by atoms with E-state index in [9.17, 15) is 4.79 Å². The van der Waals surface area contributed by atoms with Crippen LogP contribution < -0.4 is 0 Å². The zero-order chi connectivity index (χ0) is 9.56. The van der Waals surface area contributed by atoms with Gasteiger partial charge in [-0.3, -0.25) is 4.79 Å². The lowest BCUT2D eigenvalue weighted by atomic mass is 9.93. The number of allylic oxidation sites excluding steroid dienone is 2. The van der Waals surface area contributed by atoms with Crippen LogP contribution in [0.1, 0.15) is 33.6 Å². The lowest BCUT2D eigenvalue weighted by Gasteiger charge is -2.12. The van der Waals surface area contributed by atoms with E-state index in [0.29, 0.717) is 0 Å². The maximum atomic E-state index is 10.5. The fraction of sp³-hybridized carbons (Fsp3) is 0.700. The molecule has 0 radical (unpaired) electrons. The van der Waals surface area contributed by atoms with Gasteiger partial charge in [0.05, 0.1) is 5.92 Å². The predicted octanol–water partition coefficient (Wildman–Crippen LogP) is 2.70. The summed E-state index contributed by atoms with van der Waals surface area (Å²) in [5, 5.41) is 8.68. The molecule has 12 heavy (non-hydrogen) atoms. The number of hydrogen-bond acceptors (Lipinski definition) is 1. The van der Waals surface area contributed by atoms with Gasteiger partial charge in [0.1, 0.15) is 0 Å². The van der Waals surface area contributed by atoms with Gasteiger partial charge < -0.3 is 5.11 Å². The normalized spacial score (nSPS) is 16.2. The molecule has 1 N–H and O–H groups in total. The van der Waals surface area contributed by atoms with Crippen LogP contribution in [0.15, 0.2) is 12.2 Å². The van der Waals surface area contributed by atoms with Crippen LogP contribution in [0.25, 0.3) is 0 Å². The van der Waals surface area contributed by atoms with Gasteiger partial charge in [-0.1, -0.05) is 32.9 Å². The van der Waals surface area contributed by atoms with Gasteiger partial charge in [-0.05, 0) is 18.8 Å². The Labute approximate surface area is 74.3 Å². The molecule has 0 saturated carbocycles. The van der Waals surface area contributed by atoms with Gasteiger partial charge in [0, 0.05) is 0 Å². The average molecular weight is 170 g/mol. The molecular weight excluding hydrogens is 152 g/mol. The Kier molecular flexibility index (Phi) is 5.43. The van der Waals surface area contributed by atoms with Crippen LogP contribution in [-0.4, -0.2) is 11.1 Å². The first-order valence-electron chi connectivity index (χ1n) is 4.47. The Bertz CT molecular complexity index is 161. The lowest BCUT2D eigenvalue weighted by Crippen LogP contribution is -2.17. The predicted molar refractivity (Wildman–Crippen MR) is 50.0 cm³/mol. The highest BCUT2D eigenvalue weighted by atomic mass is 16.4. The highest BCUT2D eigenvalue weighted by molar-refractivity contribution is 5.69. The van der Waals surface area contributed by atoms with Gasteiger partial charge in [-0.2, -0.15) is 0 Å². The highest BCUT2D eigenvalue weighted by Gasteiger charge is 2.17. The minimum absolute atomic E-state index is 0.227. The molecular formula is C10H18O2. The molecule has 0 aliphatic heterocycles. The fourth-order valence-electron chi connectivity index (χ4n) is 0.925. The van der Waals surface area contributed by atoms with E-state index in [1.165, 1.54) is 0 Å². The van der Waals surface area contributed by atoms with Crippen molar-refractivity contribution in [2.75, 3.05) is 0 Å². The minimum atomic E-state index is -0.701. The van der Waals surface area contributed by atoms with Gasteiger partial charge in [-0.25, -0.2) is 0 Å². The van der Waals surface area contributed by atoms with E-state index in [1.807, 2.05) is 6.92 Å². The van der Waals surface area contributed by atoms with Gasteiger partial charge in [0.2, 0.25) is 0 Å². The molecule has 0 amide bonds. The fourth-order valence-corrected chi connectivity index (χ4v) is 0.925. The number of carboxylic acids is 1. The molecule has 0 rings (SSSR count).